The molecule has 1 fully saturated rings. The number of hydrogen-bond donors (Lipinski definition) is 1. The Morgan fingerprint density at radius 3 is 2.60 bits per heavy atom. The number of amides is 1. The van der Waals surface area contributed by atoms with Crippen molar-refractivity contribution in [1.29, 1.82) is 0 Å². The summed E-state index contributed by atoms with van der Waals surface area (Å²) >= 11 is 11.7. The van der Waals surface area contributed by atoms with Crippen molar-refractivity contribution in [1.82, 2.24) is 0 Å². The smallest absolute Gasteiger partial charge is 0.243 e. The second-order valence-corrected chi connectivity index (χ2v) is 4.30. The van der Waals surface area contributed by atoms with Crippen LogP contribution in [0.4, 0.5) is 5.69 Å². The number of carbonyl (C=O) groups is 1. The predicted octanol–water partition coefficient (Wildman–Crippen LogP) is 2.06. The zero-order valence-electron chi connectivity index (χ0n) is 7.91. The van der Waals surface area contributed by atoms with Gasteiger partial charge >= 0.3 is 0 Å². The van der Waals surface area contributed by atoms with E-state index in [1.54, 1.807) is 23.1 Å². The van der Waals surface area contributed by atoms with Crippen LogP contribution in [-0.4, -0.2) is 18.5 Å². The molecule has 0 aromatic heterocycles. The van der Waals surface area contributed by atoms with Crippen LogP contribution < -0.4 is 10.6 Å². The highest BCUT2D eigenvalue weighted by Gasteiger charge is 2.29. The fourth-order valence-corrected chi connectivity index (χ4v) is 1.90. The highest BCUT2D eigenvalue weighted by molar-refractivity contribution is 6.42. The van der Waals surface area contributed by atoms with Gasteiger partial charge in [0.2, 0.25) is 5.91 Å². The lowest BCUT2D eigenvalue weighted by atomic mass is 10.3. The van der Waals surface area contributed by atoms with Gasteiger partial charge in [0, 0.05) is 12.2 Å². The molecule has 0 spiro atoms. The fourth-order valence-electron chi connectivity index (χ4n) is 1.61. The van der Waals surface area contributed by atoms with Crippen LogP contribution in [0.15, 0.2) is 18.2 Å². The molecular formula is C10H10Cl2N2O. The summed E-state index contributed by atoms with van der Waals surface area (Å²) in [5.74, 6) is -0.0617. The van der Waals surface area contributed by atoms with Gasteiger partial charge < -0.3 is 10.6 Å². The van der Waals surface area contributed by atoms with Crippen molar-refractivity contribution >= 4 is 34.8 Å². The SMILES string of the molecule is NC1CCN(c2ccc(Cl)c(Cl)c2)C1=O. The van der Waals surface area contributed by atoms with E-state index >= 15 is 0 Å². The predicted molar refractivity (Wildman–Crippen MR) is 61.4 cm³/mol. The number of hydrogen-bond acceptors (Lipinski definition) is 2. The Bertz CT molecular complexity index is 408. The second kappa shape index (κ2) is 4.00. The van der Waals surface area contributed by atoms with Crippen LogP contribution >= 0.6 is 23.2 Å². The van der Waals surface area contributed by atoms with Crippen molar-refractivity contribution < 1.29 is 4.79 Å². The Hall–Kier alpha value is -0.770. The number of halogens is 2. The van der Waals surface area contributed by atoms with Gasteiger partial charge in [0.1, 0.15) is 0 Å². The first kappa shape index (κ1) is 10.7. The maximum Gasteiger partial charge on any atom is 0.243 e. The molecule has 1 aliphatic heterocycles. The third kappa shape index (κ3) is 1.95. The second-order valence-electron chi connectivity index (χ2n) is 3.48. The van der Waals surface area contributed by atoms with Gasteiger partial charge in [0.15, 0.2) is 0 Å². The number of carbonyl (C=O) groups excluding carboxylic acids is 1. The Kier molecular flexibility index (Phi) is 2.87. The Morgan fingerprint density at radius 2 is 2.07 bits per heavy atom. The van der Waals surface area contributed by atoms with E-state index in [1.165, 1.54) is 0 Å². The van der Waals surface area contributed by atoms with Crippen molar-refractivity contribution in [2.75, 3.05) is 11.4 Å². The van der Waals surface area contributed by atoms with Gasteiger partial charge in [-0.1, -0.05) is 23.2 Å². The van der Waals surface area contributed by atoms with Crippen LogP contribution in [0.25, 0.3) is 0 Å². The first-order valence-electron chi connectivity index (χ1n) is 4.61. The molecule has 1 aromatic carbocycles. The molecule has 5 heteroatoms. The van der Waals surface area contributed by atoms with Crippen molar-refractivity contribution in [3.63, 3.8) is 0 Å². The molecule has 1 heterocycles. The fraction of sp³-hybridized carbons (Fsp3) is 0.300. The molecule has 1 unspecified atom stereocenters. The summed E-state index contributed by atoms with van der Waals surface area (Å²) in [7, 11) is 0. The molecule has 15 heavy (non-hydrogen) atoms. The monoisotopic (exact) mass is 244 g/mol. The van der Waals surface area contributed by atoms with E-state index in [4.69, 9.17) is 28.9 Å². The molecule has 0 bridgehead atoms. The zero-order chi connectivity index (χ0) is 11.0. The molecular weight excluding hydrogens is 235 g/mol. The largest absolute Gasteiger partial charge is 0.320 e. The quantitative estimate of drug-likeness (QED) is 0.823. The molecule has 0 radical (unpaired) electrons. The minimum Gasteiger partial charge on any atom is -0.320 e. The Labute approximate surface area is 97.8 Å². The van der Waals surface area contributed by atoms with E-state index in [0.29, 0.717) is 23.0 Å². The summed E-state index contributed by atoms with van der Waals surface area (Å²) in [6.45, 7) is 0.637. The summed E-state index contributed by atoms with van der Waals surface area (Å²) < 4.78 is 0. The van der Waals surface area contributed by atoms with E-state index in [1.807, 2.05) is 0 Å². The summed E-state index contributed by atoms with van der Waals surface area (Å²) in [6.07, 6.45) is 0.680. The van der Waals surface area contributed by atoms with E-state index < -0.39 is 0 Å². The first-order chi connectivity index (χ1) is 7.09. The van der Waals surface area contributed by atoms with Gasteiger partial charge in [-0.25, -0.2) is 0 Å². The summed E-state index contributed by atoms with van der Waals surface area (Å²) in [4.78, 5) is 13.3. The Balaban J connectivity index is 2.31. The minimum absolute atomic E-state index is 0.0617. The molecule has 1 saturated heterocycles. The van der Waals surface area contributed by atoms with Crippen molar-refractivity contribution in [3.05, 3.63) is 28.2 Å². The van der Waals surface area contributed by atoms with Crippen LogP contribution in [0.2, 0.25) is 10.0 Å². The topological polar surface area (TPSA) is 46.3 Å². The molecule has 1 amide bonds. The zero-order valence-corrected chi connectivity index (χ0v) is 9.42. The number of nitrogens with two attached hydrogens (primary N) is 1. The van der Waals surface area contributed by atoms with Crippen molar-refractivity contribution in [2.45, 2.75) is 12.5 Å². The van der Waals surface area contributed by atoms with Crippen LogP contribution in [0.5, 0.6) is 0 Å². The van der Waals surface area contributed by atoms with Crippen LogP contribution in [0, 0.1) is 0 Å². The normalized spacial score (nSPS) is 21.1. The van der Waals surface area contributed by atoms with Gasteiger partial charge in [0.25, 0.3) is 0 Å². The molecule has 0 saturated carbocycles. The number of anilines is 1. The molecule has 3 nitrogen and oxygen atoms in total. The van der Waals surface area contributed by atoms with E-state index in [2.05, 4.69) is 0 Å². The van der Waals surface area contributed by atoms with Gasteiger partial charge in [0.05, 0.1) is 16.1 Å². The standard InChI is InChI=1S/C10H10Cl2N2O/c11-7-2-1-6(5-8(7)12)14-4-3-9(13)10(14)15/h1-2,5,9H,3-4,13H2. The van der Waals surface area contributed by atoms with Crippen LogP contribution in [0.1, 0.15) is 6.42 Å². The van der Waals surface area contributed by atoms with E-state index in [-0.39, 0.29) is 11.9 Å². The maximum absolute atomic E-state index is 11.6. The molecule has 80 valence electrons. The van der Waals surface area contributed by atoms with Crippen molar-refractivity contribution in [2.24, 2.45) is 5.73 Å². The number of benzene rings is 1. The number of nitrogens with zero attached hydrogens (tertiary/aromatic N) is 1. The molecule has 2 rings (SSSR count). The lowest BCUT2D eigenvalue weighted by Crippen LogP contribution is -2.33. The van der Waals surface area contributed by atoms with E-state index in [9.17, 15) is 4.79 Å². The van der Waals surface area contributed by atoms with Gasteiger partial charge in [-0.2, -0.15) is 0 Å². The molecule has 0 aliphatic carbocycles. The molecule has 1 atom stereocenters. The average molecular weight is 245 g/mol. The van der Waals surface area contributed by atoms with Crippen molar-refractivity contribution in [3.8, 4) is 0 Å². The molecule has 1 aromatic rings. The summed E-state index contributed by atoms with van der Waals surface area (Å²) in [5.41, 5.74) is 6.38. The Morgan fingerprint density at radius 1 is 1.33 bits per heavy atom. The van der Waals surface area contributed by atoms with Gasteiger partial charge in [-0.15, -0.1) is 0 Å². The third-order valence-corrected chi connectivity index (χ3v) is 3.20. The van der Waals surface area contributed by atoms with Crippen LogP contribution in [0.3, 0.4) is 0 Å². The van der Waals surface area contributed by atoms with Gasteiger partial charge in [-0.3, -0.25) is 4.79 Å². The lowest BCUT2D eigenvalue weighted by Gasteiger charge is -2.16. The molecule has 2 N–H and O–H groups in total. The first-order valence-corrected chi connectivity index (χ1v) is 5.37. The maximum atomic E-state index is 11.6. The molecule has 1 aliphatic rings. The van der Waals surface area contributed by atoms with Crippen LogP contribution in [-0.2, 0) is 4.79 Å². The third-order valence-electron chi connectivity index (χ3n) is 2.46. The lowest BCUT2D eigenvalue weighted by molar-refractivity contribution is -0.118. The summed E-state index contributed by atoms with van der Waals surface area (Å²) in [6, 6.07) is 4.74. The number of rotatable bonds is 1. The average Bonchev–Trinajstić information content (AvgIpc) is 2.53. The highest BCUT2D eigenvalue weighted by Crippen LogP contribution is 2.29. The summed E-state index contributed by atoms with van der Waals surface area (Å²) in [5, 5.41) is 0.929. The van der Waals surface area contributed by atoms with Gasteiger partial charge in [-0.05, 0) is 24.6 Å². The highest BCUT2D eigenvalue weighted by atomic mass is 35.5. The minimum atomic E-state index is -0.389. The van der Waals surface area contributed by atoms with E-state index in [0.717, 1.165) is 5.69 Å².